The fourth-order valence-corrected chi connectivity index (χ4v) is 2.46. The summed E-state index contributed by atoms with van der Waals surface area (Å²) >= 11 is 8.17. The highest BCUT2D eigenvalue weighted by atomic mass is 127. The van der Waals surface area contributed by atoms with Crippen molar-refractivity contribution in [2.45, 2.75) is 25.8 Å². The molecule has 94 valence electrons. The molecular weight excluding hydrogens is 363 g/mol. The monoisotopic (exact) mass is 374 g/mol. The minimum absolute atomic E-state index is 0.161. The van der Waals surface area contributed by atoms with Crippen LogP contribution >= 0.6 is 34.2 Å². The van der Waals surface area contributed by atoms with Gasteiger partial charge < -0.3 is 5.32 Å². The first-order valence-corrected chi connectivity index (χ1v) is 7.16. The van der Waals surface area contributed by atoms with Crippen molar-refractivity contribution in [3.63, 3.8) is 0 Å². The average Bonchev–Trinajstić information content (AvgIpc) is 2.30. The van der Waals surface area contributed by atoms with Crippen molar-refractivity contribution >= 4 is 40.1 Å². The summed E-state index contributed by atoms with van der Waals surface area (Å²) in [6, 6.07) is 7.80. The van der Waals surface area contributed by atoms with Crippen molar-refractivity contribution in [1.82, 2.24) is 5.32 Å². The van der Waals surface area contributed by atoms with Crippen LogP contribution in [-0.2, 0) is 11.3 Å². The SMILES string of the molecule is N#CC1(C(=O)NCc2ccc(I)c(Cl)c2)CCC1. The number of halogens is 2. The fraction of sp³-hybridized carbons (Fsp3) is 0.385. The van der Waals surface area contributed by atoms with E-state index in [-0.39, 0.29) is 5.91 Å². The topological polar surface area (TPSA) is 52.9 Å². The first kappa shape index (κ1) is 13.6. The maximum atomic E-state index is 11.9. The number of nitrogens with zero attached hydrogens (tertiary/aromatic N) is 1. The molecule has 2 rings (SSSR count). The molecule has 1 N–H and O–H groups in total. The first-order chi connectivity index (χ1) is 8.57. The summed E-state index contributed by atoms with van der Waals surface area (Å²) in [5.41, 5.74) is 0.161. The van der Waals surface area contributed by atoms with Crippen LogP contribution in [0.2, 0.25) is 5.02 Å². The van der Waals surface area contributed by atoms with Crippen LogP contribution in [0.3, 0.4) is 0 Å². The van der Waals surface area contributed by atoms with Crippen molar-refractivity contribution < 1.29 is 4.79 Å². The molecule has 1 aliphatic carbocycles. The summed E-state index contributed by atoms with van der Waals surface area (Å²) in [4.78, 5) is 11.9. The molecule has 1 saturated carbocycles. The number of benzene rings is 1. The predicted octanol–water partition coefficient (Wildman–Crippen LogP) is 3.25. The molecule has 1 aromatic carbocycles. The molecule has 0 saturated heterocycles. The molecule has 0 heterocycles. The third-order valence-corrected chi connectivity index (χ3v) is 4.87. The Bertz CT molecular complexity index is 520. The molecule has 1 aromatic rings. The van der Waals surface area contributed by atoms with E-state index >= 15 is 0 Å². The summed E-state index contributed by atoms with van der Waals surface area (Å²) < 4.78 is 0.983. The summed E-state index contributed by atoms with van der Waals surface area (Å²) in [6.07, 6.45) is 2.29. The Balaban J connectivity index is 1.97. The molecule has 0 unspecified atom stereocenters. The molecule has 0 spiro atoms. The van der Waals surface area contributed by atoms with Gasteiger partial charge in [0.1, 0.15) is 5.41 Å². The van der Waals surface area contributed by atoms with E-state index in [4.69, 9.17) is 16.9 Å². The lowest BCUT2D eigenvalue weighted by atomic mass is 9.69. The second-order valence-corrected chi connectivity index (χ2v) is 6.05. The number of amides is 1. The van der Waals surface area contributed by atoms with Crippen LogP contribution in [-0.4, -0.2) is 5.91 Å². The number of nitrogens with one attached hydrogen (secondary N) is 1. The Hall–Kier alpha value is -0.800. The second-order valence-electron chi connectivity index (χ2n) is 4.48. The minimum atomic E-state index is -0.785. The third kappa shape index (κ3) is 2.62. The van der Waals surface area contributed by atoms with E-state index in [2.05, 4.69) is 34.0 Å². The van der Waals surface area contributed by atoms with Crippen molar-refractivity contribution in [3.8, 4) is 6.07 Å². The summed E-state index contributed by atoms with van der Waals surface area (Å²) in [5.74, 6) is -0.161. The van der Waals surface area contributed by atoms with E-state index in [9.17, 15) is 4.79 Å². The highest BCUT2D eigenvalue weighted by molar-refractivity contribution is 14.1. The number of rotatable bonds is 3. The van der Waals surface area contributed by atoms with Crippen LogP contribution in [0.25, 0.3) is 0 Å². The van der Waals surface area contributed by atoms with Gasteiger partial charge >= 0.3 is 0 Å². The third-order valence-electron chi connectivity index (χ3n) is 3.29. The molecule has 0 aliphatic heterocycles. The van der Waals surface area contributed by atoms with Gasteiger partial charge in [-0.15, -0.1) is 0 Å². The minimum Gasteiger partial charge on any atom is -0.351 e. The number of hydrogen-bond donors (Lipinski definition) is 1. The lowest BCUT2D eigenvalue weighted by Crippen LogP contribution is -2.44. The van der Waals surface area contributed by atoms with E-state index in [1.54, 1.807) is 0 Å². The molecule has 18 heavy (non-hydrogen) atoms. The number of nitriles is 1. The Morgan fingerprint density at radius 1 is 1.56 bits per heavy atom. The first-order valence-electron chi connectivity index (χ1n) is 5.71. The Kier molecular flexibility index (Phi) is 4.13. The Morgan fingerprint density at radius 2 is 2.28 bits per heavy atom. The van der Waals surface area contributed by atoms with Crippen LogP contribution in [0.15, 0.2) is 18.2 Å². The van der Waals surface area contributed by atoms with E-state index in [0.717, 1.165) is 15.6 Å². The summed E-state index contributed by atoms with van der Waals surface area (Å²) in [6.45, 7) is 0.416. The van der Waals surface area contributed by atoms with Crippen LogP contribution in [0.4, 0.5) is 0 Å². The van der Waals surface area contributed by atoms with Crippen molar-refractivity contribution in [3.05, 3.63) is 32.4 Å². The molecule has 5 heteroatoms. The van der Waals surface area contributed by atoms with E-state index in [1.807, 2.05) is 18.2 Å². The Labute approximate surface area is 125 Å². The number of carbonyl (C=O) groups is 1. The van der Waals surface area contributed by atoms with E-state index in [0.29, 0.717) is 24.4 Å². The molecule has 0 atom stereocenters. The van der Waals surface area contributed by atoms with Gasteiger partial charge in [-0.1, -0.05) is 17.7 Å². The van der Waals surface area contributed by atoms with Crippen LogP contribution in [0.1, 0.15) is 24.8 Å². The van der Waals surface area contributed by atoms with Crippen molar-refractivity contribution in [2.75, 3.05) is 0 Å². The smallest absolute Gasteiger partial charge is 0.240 e. The molecular formula is C13H12ClIN2O. The lowest BCUT2D eigenvalue weighted by molar-refractivity contribution is -0.131. The second kappa shape index (κ2) is 5.45. The van der Waals surface area contributed by atoms with Gasteiger partial charge in [0, 0.05) is 10.1 Å². The van der Waals surface area contributed by atoms with Gasteiger partial charge in [0.15, 0.2) is 0 Å². The van der Waals surface area contributed by atoms with E-state index in [1.165, 1.54) is 0 Å². The molecule has 1 aliphatic rings. The zero-order chi connectivity index (χ0) is 13.2. The molecule has 1 fully saturated rings. The van der Waals surface area contributed by atoms with Crippen molar-refractivity contribution in [1.29, 1.82) is 5.26 Å². The maximum absolute atomic E-state index is 11.9. The highest BCUT2D eigenvalue weighted by Crippen LogP contribution is 2.40. The predicted molar refractivity (Wildman–Crippen MR) is 77.9 cm³/mol. The molecule has 1 amide bonds. The quantitative estimate of drug-likeness (QED) is 0.826. The maximum Gasteiger partial charge on any atom is 0.240 e. The largest absolute Gasteiger partial charge is 0.351 e. The average molecular weight is 375 g/mol. The van der Waals surface area contributed by atoms with Gasteiger partial charge in [0.05, 0.1) is 11.1 Å². The molecule has 3 nitrogen and oxygen atoms in total. The fourth-order valence-electron chi connectivity index (χ4n) is 1.92. The molecule has 0 radical (unpaired) electrons. The Morgan fingerprint density at radius 3 is 2.78 bits per heavy atom. The summed E-state index contributed by atoms with van der Waals surface area (Å²) in [7, 11) is 0. The number of hydrogen-bond acceptors (Lipinski definition) is 2. The normalized spacial score (nSPS) is 16.5. The lowest BCUT2D eigenvalue weighted by Gasteiger charge is -2.33. The van der Waals surface area contributed by atoms with Crippen molar-refractivity contribution in [2.24, 2.45) is 5.41 Å². The molecule has 0 bridgehead atoms. The van der Waals surface area contributed by atoms with Crippen LogP contribution in [0, 0.1) is 20.3 Å². The standard InChI is InChI=1S/C13H12ClIN2O/c14-10-6-9(2-3-11(10)15)7-17-12(18)13(8-16)4-1-5-13/h2-3,6H,1,4-5,7H2,(H,17,18). The zero-order valence-electron chi connectivity index (χ0n) is 9.67. The van der Waals surface area contributed by atoms with Crippen LogP contribution < -0.4 is 5.32 Å². The van der Waals surface area contributed by atoms with Gasteiger partial charge in [-0.2, -0.15) is 5.26 Å². The van der Waals surface area contributed by atoms with Gasteiger partial charge in [-0.05, 0) is 59.5 Å². The van der Waals surface area contributed by atoms with Gasteiger partial charge in [0.25, 0.3) is 0 Å². The zero-order valence-corrected chi connectivity index (χ0v) is 12.6. The van der Waals surface area contributed by atoms with Gasteiger partial charge in [-0.25, -0.2) is 0 Å². The molecule has 0 aromatic heterocycles. The van der Waals surface area contributed by atoms with E-state index < -0.39 is 5.41 Å². The van der Waals surface area contributed by atoms with Crippen LogP contribution in [0.5, 0.6) is 0 Å². The van der Waals surface area contributed by atoms with Gasteiger partial charge in [0.2, 0.25) is 5.91 Å². The summed E-state index contributed by atoms with van der Waals surface area (Å²) in [5, 5.41) is 12.5. The highest BCUT2D eigenvalue weighted by Gasteiger charge is 2.44. The number of carbonyl (C=O) groups excluding carboxylic acids is 1. The van der Waals surface area contributed by atoms with Gasteiger partial charge in [-0.3, -0.25) is 4.79 Å².